The van der Waals surface area contributed by atoms with Crippen LogP contribution in [-0.4, -0.2) is 75.1 Å². The van der Waals surface area contributed by atoms with Crippen LogP contribution in [0.2, 0.25) is 0 Å². The van der Waals surface area contributed by atoms with Gasteiger partial charge in [-0.05, 0) is 55.8 Å². The molecule has 0 aromatic heterocycles. The molecule has 2 aromatic rings. The van der Waals surface area contributed by atoms with E-state index >= 15 is 0 Å². The highest BCUT2D eigenvalue weighted by atomic mass is 19.4. The molecule has 0 aliphatic carbocycles. The molecule has 1 saturated heterocycles. The van der Waals surface area contributed by atoms with Crippen molar-refractivity contribution < 1.29 is 22.8 Å². The summed E-state index contributed by atoms with van der Waals surface area (Å²) in [5.41, 5.74) is 1.03. The van der Waals surface area contributed by atoms with Crippen molar-refractivity contribution >= 4 is 23.3 Å². The first-order valence-corrected chi connectivity index (χ1v) is 11.6. The number of anilines is 2. The highest BCUT2D eigenvalue weighted by Crippen LogP contribution is 2.31. The van der Waals surface area contributed by atoms with Crippen LogP contribution in [0.3, 0.4) is 0 Å². The molecule has 0 saturated carbocycles. The molecule has 35 heavy (non-hydrogen) atoms. The molecule has 3 rings (SSSR count). The Balaban J connectivity index is 1.33. The fraction of sp³-hybridized carbons (Fsp3) is 0.440. The number of hydrogen-bond donors (Lipinski definition) is 2. The van der Waals surface area contributed by atoms with E-state index in [0.717, 1.165) is 38.5 Å². The van der Waals surface area contributed by atoms with Crippen LogP contribution in [0.1, 0.15) is 28.8 Å². The number of unbranched alkanes of at least 4 members (excludes halogenated alkanes) is 1. The summed E-state index contributed by atoms with van der Waals surface area (Å²) < 4.78 is 38.9. The standard InChI is InChI=1S/C25H32F3N5O2/c1-31(2)23(34)19-7-5-9-21(17-19)30-24(35)29-11-3-4-12-32-13-15-33(16-14-32)22-10-6-8-20(18-22)25(26,27)28/h5-10,17-18H,3-4,11-16H2,1-2H3,(H2,29,30,35). The molecule has 10 heteroatoms. The number of rotatable bonds is 8. The molecular weight excluding hydrogens is 459 g/mol. The molecule has 1 aliphatic heterocycles. The Bertz CT molecular complexity index is 1000. The van der Waals surface area contributed by atoms with E-state index in [2.05, 4.69) is 15.5 Å². The Morgan fingerprint density at radius 2 is 1.69 bits per heavy atom. The van der Waals surface area contributed by atoms with E-state index in [1.54, 1.807) is 44.4 Å². The van der Waals surface area contributed by atoms with Crippen LogP contribution in [0.15, 0.2) is 48.5 Å². The average Bonchev–Trinajstić information content (AvgIpc) is 2.83. The Morgan fingerprint density at radius 1 is 0.971 bits per heavy atom. The van der Waals surface area contributed by atoms with E-state index in [1.165, 1.54) is 17.0 Å². The molecule has 1 heterocycles. The van der Waals surface area contributed by atoms with Crippen LogP contribution >= 0.6 is 0 Å². The second-order valence-corrected chi connectivity index (χ2v) is 8.75. The number of carbonyl (C=O) groups is 2. The van der Waals surface area contributed by atoms with Gasteiger partial charge in [-0.3, -0.25) is 9.69 Å². The van der Waals surface area contributed by atoms with E-state index < -0.39 is 11.7 Å². The maximum Gasteiger partial charge on any atom is 0.416 e. The molecule has 1 fully saturated rings. The fourth-order valence-corrected chi connectivity index (χ4v) is 3.93. The number of halogens is 3. The second kappa shape index (κ2) is 11.9. The molecule has 190 valence electrons. The molecular formula is C25H32F3N5O2. The topological polar surface area (TPSA) is 67.9 Å². The predicted molar refractivity (Wildman–Crippen MR) is 131 cm³/mol. The Morgan fingerprint density at radius 3 is 2.37 bits per heavy atom. The summed E-state index contributed by atoms with van der Waals surface area (Å²) in [6, 6.07) is 11.9. The van der Waals surface area contributed by atoms with E-state index in [4.69, 9.17) is 0 Å². The van der Waals surface area contributed by atoms with Gasteiger partial charge in [0.25, 0.3) is 5.91 Å². The lowest BCUT2D eigenvalue weighted by molar-refractivity contribution is -0.137. The summed E-state index contributed by atoms with van der Waals surface area (Å²) in [5, 5.41) is 5.57. The predicted octanol–water partition coefficient (Wildman–Crippen LogP) is 4.13. The number of nitrogens with one attached hydrogen (secondary N) is 2. The minimum atomic E-state index is -4.34. The van der Waals surface area contributed by atoms with Crippen LogP contribution in [0.5, 0.6) is 0 Å². The number of carbonyl (C=O) groups excluding carboxylic acids is 2. The van der Waals surface area contributed by atoms with Gasteiger partial charge >= 0.3 is 12.2 Å². The van der Waals surface area contributed by atoms with Crippen molar-refractivity contribution in [3.05, 3.63) is 59.7 Å². The van der Waals surface area contributed by atoms with Crippen molar-refractivity contribution in [3.63, 3.8) is 0 Å². The van der Waals surface area contributed by atoms with Crippen molar-refractivity contribution in [2.24, 2.45) is 0 Å². The first-order valence-electron chi connectivity index (χ1n) is 11.6. The second-order valence-electron chi connectivity index (χ2n) is 8.75. The smallest absolute Gasteiger partial charge is 0.369 e. The van der Waals surface area contributed by atoms with Crippen LogP contribution < -0.4 is 15.5 Å². The number of hydrogen-bond acceptors (Lipinski definition) is 4. The van der Waals surface area contributed by atoms with Gasteiger partial charge in [0.15, 0.2) is 0 Å². The molecule has 7 nitrogen and oxygen atoms in total. The quantitative estimate of drug-likeness (QED) is 0.545. The van der Waals surface area contributed by atoms with Crippen LogP contribution in [-0.2, 0) is 6.18 Å². The maximum absolute atomic E-state index is 13.0. The number of benzene rings is 2. The van der Waals surface area contributed by atoms with Crippen molar-refractivity contribution in [2.75, 3.05) is 63.6 Å². The summed E-state index contributed by atoms with van der Waals surface area (Å²) in [6.45, 7) is 4.31. The van der Waals surface area contributed by atoms with E-state index in [-0.39, 0.29) is 11.9 Å². The number of piperazine rings is 1. The molecule has 0 spiro atoms. The summed E-state index contributed by atoms with van der Waals surface area (Å²) in [4.78, 5) is 29.9. The zero-order chi connectivity index (χ0) is 25.4. The summed E-state index contributed by atoms with van der Waals surface area (Å²) in [6.07, 6.45) is -2.63. The third-order valence-electron chi connectivity index (χ3n) is 5.87. The van der Waals surface area contributed by atoms with Gasteiger partial charge < -0.3 is 20.4 Å². The van der Waals surface area contributed by atoms with Gasteiger partial charge in [-0.2, -0.15) is 13.2 Å². The molecule has 1 aliphatic rings. The van der Waals surface area contributed by atoms with E-state index in [9.17, 15) is 22.8 Å². The lowest BCUT2D eigenvalue weighted by atomic mass is 10.1. The molecule has 0 radical (unpaired) electrons. The van der Waals surface area contributed by atoms with Gasteiger partial charge in [-0.15, -0.1) is 0 Å². The Hall–Kier alpha value is -3.27. The van der Waals surface area contributed by atoms with Gasteiger partial charge in [0, 0.05) is 63.8 Å². The highest BCUT2D eigenvalue weighted by Gasteiger charge is 2.31. The van der Waals surface area contributed by atoms with Gasteiger partial charge in [0.05, 0.1) is 5.56 Å². The summed E-state index contributed by atoms with van der Waals surface area (Å²) >= 11 is 0. The molecule has 2 aromatic carbocycles. The normalized spacial score (nSPS) is 14.5. The summed E-state index contributed by atoms with van der Waals surface area (Å²) in [5.74, 6) is -0.135. The number of urea groups is 1. The number of nitrogens with zero attached hydrogens (tertiary/aromatic N) is 3. The SMILES string of the molecule is CN(C)C(=O)c1cccc(NC(=O)NCCCCN2CCN(c3cccc(C(F)(F)F)c3)CC2)c1. The third-order valence-corrected chi connectivity index (χ3v) is 5.87. The molecule has 3 amide bonds. The van der Waals surface area contributed by atoms with Crippen molar-refractivity contribution in [2.45, 2.75) is 19.0 Å². The molecule has 0 unspecified atom stereocenters. The lowest BCUT2D eigenvalue weighted by Crippen LogP contribution is -2.46. The summed E-state index contributed by atoms with van der Waals surface area (Å²) in [7, 11) is 3.34. The fourth-order valence-electron chi connectivity index (χ4n) is 3.93. The minimum absolute atomic E-state index is 0.135. The van der Waals surface area contributed by atoms with Crippen molar-refractivity contribution in [1.29, 1.82) is 0 Å². The first kappa shape index (κ1) is 26.3. The zero-order valence-corrected chi connectivity index (χ0v) is 20.1. The van der Waals surface area contributed by atoms with Gasteiger partial charge in [-0.1, -0.05) is 12.1 Å². The number of alkyl halides is 3. The van der Waals surface area contributed by atoms with Crippen LogP contribution in [0.4, 0.5) is 29.3 Å². The lowest BCUT2D eigenvalue weighted by Gasteiger charge is -2.36. The van der Waals surface area contributed by atoms with Crippen molar-refractivity contribution in [1.82, 2.24) is 15.1 Å². The van der Waals surface area contributed by atoms with Gasteiger partial charge in [0.2, 0.25) is 0 Å². The highest BCUT2D eigenvalue weighted by molar-refractivity contribution is 5.96. The van der Waals surface area contributed by atoms with E-state index in [0.29, 0.717) is 36.6 Å². The van der Waals surface area contributed by atoms with Gasteiger partial charge in [0.1, 0.15) is 0 Å². The monoisotopic (exact) mass is 491 g/mol. The minimum Gasteiger partial charge on any atom is -0.369 e. The van der Waals surface area contributed by atoms with Crippen molar-refractivity contribution in [3.8, 4) is 0 Å². The third kappa shape index (κ3) is 7.88. The molecule has 0 bridgehead atoms. The van der Waals surface area contributed by atoms with Gasteiger partial charge in [-0.25, -0.2) is 4.79 Å². The van der Waals surface area contributed by atoms with E-state index in [1.807, 2.05) is 4.90 Å². The average molecular weight is 492 g/mol. The number of amides is 3. The van der Waals surface area contributed by atoms with Crippen LogP contribution in [0, 0.1) is 0 Å². The zero-order valence-electron chi connectivity index (χ0n) is 20.1. The largest absolute Gasteiger partial charge is 0.416 e. The van der Waals surface area contributed by atoms with Crippen LogP contribution in [0.25, 0.3) is 0 Å². The first-order chi connectivity index (χ1) is 16.6. The Labute approximate surface area is 203 Å². The molecule has 2 N–H and O–H groups in total. The molecule has 0 atom stereocenters. The Kier molecular flexibility index (Phi) is 8.97. The maximum atomic E-state index is 13.0.